The van der Waals surface area contributed by atoms with E-state index in [1.54, 1.807) is 0 Å². The minimum atomic E-state index is 0.176. The first-order valence-electron chi connectivity index (χ1n) is 3.75. The molecule has 2 bridgehead atoms. The van der Waals surface area contributed by atoms with Crippen LogP contribution in [0.15, 0.2) is 12.2 Å². The molecule has 2 nitrogen and oxygen atoms in total. The van der Waals surface area contributed by atoms with E-state index in [1.165, 1.54) is 0 Å². The average molecular weight is 137 g/mol. The Balaban J connectivity index is 2.23. The third-order valence-electron chi connectivity index (χ3n) is 2.61. The van der Waals surface area contributed by atoms with Gasteiger partial charge in [-0.2, -0.15) is 0 Å². The molecule has 2 aliphatic rings. The van der Waals surface area contributed by atoms with Crippen molar-refractivity contribution in [1.29, 1.82) is 0 Å². The summed E-state index contributed by atoms with van der Waals surface area (Å²) in [7, 11) is 0. The Morgan fingerprint density at radius 1 is 1.60 bits per heavy atom. The fourth-order valence-corrected chi connectivity index (χ4v) is 1.99. The molecule has 0 aliphatic heterocycles. The van der Waals surface area contributed by atoms with E-state index < -0.39 is 0 Å². The van der Waals surface area contributed by atoms with Crippen LogP contribution in [0.3, 0.4) is 0 Å². The highest BCUT2D eigenvalue weighted by atomic mass is 16.1. The topological polar surface area (TPSA) is 43.1 Å². The van der Waals surface area contributed by atoms with Crippen molar-refractivity contribution < 1.29 is 4.79 Å². The Bertz CT molecular complexity index is 197. The summed E-state index contributed by atoms with van der Waals surface area (Å²) in [6.45, 7) is 0.664. The molecular formula is C8H11NO. The maximum atomic E-state index is 11.2. The van der Waals surface area contributed by atoms with Crippen molar-refractivity contribution in [3.05, 3.63) is 12.2 Å². The van der Waals surface area contributed by atoms with Crippen LogP contribution in [0.1, 0.15) is 6.42 Å². The molecule has 0 saturated heterocycles. The highest BCUT2D eigenvalue weighted by Gasteiger charge is 2.42. The molecule has 0 aromatic heterocycles. The number of nitrogens with two attached hydrogens (primary N) is 1. The number of ketones is 1. The molecule has 0 radical (unpaired) electrons. The predicted octanol–water partition coefficient (Wildman–Crippen LogP) is 0.336. The third-order valence-corrected chi connectivity index (χ3v) is 2.61. The second-order valence-corrected chi connectivity index (χ2v) is 3.15. The van der Waals surface area contributed by atoms with Crippen molar-refractivity contribution in [3.8, 4) is 0 Å². The van der Waals surface area contributed by atoms with E-state index in [0.29, 0.717) is 18.2 Å². The SMILES string of the molecule is NC[C@@H]1C[C@H]2C=C[C@@H]1C2=O. The molecule has 2 heteroatoms. The fraction of sp³-hybridized carbons (Fsp3) is 0.625. The van der Waals surface area contributed by atoms with Crippen LogP contribution >= 0.6 is 0 Å². The van der Waals surface area contributed by atoms with Crippen LogP contribution in [0.4, 0.5) is 0 Å². The second kappa shape index (κ2) is 1.92. The van der Waals surface area contributed by atoms with E-state index in [-0.39, 0.29) is 11.8 Å². The first kappa shape index (κ1) is 6.10. The smallest absolute Gasteiger partial charge is 0.146 e. The van der Waals surface area contributed by atoms with E-state index in [9.17, 15) is 4.79 Å². The molecular weight excluding hydrogens is 126 g/mol. The molecule has 1 saturated carbocycles. The summed E-state index contributed by atoms with van der Waals surface area (Å²) >= 11 is 0. The molecule has 54 valence electrons. The van der Waals surface area contributed by atoms with Gasteiger partial charge in [-0.3, -0.25) is 4.79 Å². The minimum absolute atomic E-state index is 0.176. The molecule has 3 atom stereocenters. The summed E-state index contributed by atoms with van der Waals surface area (Å²) in [6.07, 6.45) is 5.05. The van der Waals surface area contributed by atoms with E-state index in [0.717, 1.165) is 6.42 Å². The lowest BCUT2D eigenvalue weighted by molar-refractivity contribution is -0.121. The lowest BCUT2D eigenvalue weighted by Gasteiger charge is -2.12. The maximum Gasteiger partial charge on any atom is 0.146 e. The van der Waals surface area contributed by atoms with Crippen molar-refractivity contribution in [1.82, 2.24) is 0 Å². The summed E-state index contributed by atoms with van der Waals surface area (Å²) in [5.41, 5.74) is 5.50. The average Bonchev–Trinajstić information content (AvgIpc) is 2.46. The van der Waals surface area contributed by atoms with Crippen LogP contribution in [-0.2, 0) is 4.79 Å². The van der Waals surface area contributed by atoms with Crippen LogP contribution in [0, 0.1) is 17.8 Å². The largest absolute Gasteiger partial charge is 0.330 e. The lowest BCUT2D eigenvalue weighted by Crippen LogP contribution is -2.19. The van der Waals surface area contributed by atoms with Gasteiger partial charge in [0.2, 0.25) is 0 Å². The van der Waals surface area contributed by atoms with E-state index in [2.05, 4.69) is 0 Å². The van der Waals surface area contributed by atoms with Gasteiger partial charge in [-0.05, 0) is 18.9 Å². The zero-order chi connectivity index (χ0) is 7.14. The van der Waals surface area contributed by atoms with Crippen LogP contribution < -0.4 is 5.73 Å². The summed E-state index contributed by atoms with van der Waals surface area (Å²) in [5.74, 6) is 1.24. The van der Waals surface area contributed by atoms with Crippen LogP contribution in [0.25, 0.3) is 0 Å². The molecule has 10 heavy (non-hydrogen) atoms. The molecule has 0 aromatic rings. The van der Waals surface area contributed by atoms with Gasteiger partial charge in [-0.15, -0.1) is 0 Å². The van der Waals surface area contributed by atoms with Crippen molar-refractivity contribution in [2.45, 2.75) is 6.42 Å². The van der Waals surface area contributed by atoms with Crippen molar-refractivity contribution in [3.63, 3.8) is 0 Å². The number of hydrogen-bond donors (Lipinski definition) is 1. The molecule has 0 amide bonds. The normalized spacial score (nSPS) is 43.3. The van der Waals surface area contributed by atoms with Crippen molar-refractivity contribution in [2.75, 3.05) is 6.54 Å². The number of Topliss-reactive ketones (excluding diaryl/α,β-unsaturated/α-hetero) is 1. The van der Waals surface area contributed by atoms with Gasteiger partial charge >= 0.3 is 0 Å². The van der Waals surface area contributed by atoms with Gasteiger partial charge in [0.25, 0.3) is 0 Å². The molecule has 0 aromatic carbocycles. The highest BCUT2D eigenvalue weighted by molar-refractivity contribution is 5.91. The molecule has 0 spiro atoms. The van der Waals surface area contributed by atoms with Gasteiger partial charge in [0.15, 0.2) is 0 Å². The van der Waals surface area contributed by atoms with Crippen LogP contribution in [-0.4, -0.2) is 12.3 Å². The Labute approximate surface area is 60.1 Å². The predicted molar refractivity (Wildman–Crippen MR) is 38.3 cm³/mol. The zero-order valence-electron chi connectivity index (χ0n) is 5.79. The van der Waals surface area contributed by atoms with Gasteiger partial charge in [0.1, 0.15) is 5.78 Å². The lowest BCUT2D eigenvalue weighted by atomic mass is 9.94. The Kier molecular flexibility index (Phi) is 1.17. The quantitative estimate of drug-likeness (QED) is 0.529. The van der Waals surface area contributed by atoms with Gasteiger partial charge in [-0.1, -0.05) is 12.2 Å². The molecule has 0 unspecified atom stereocenters. The highest BCUT2D eigenvalue weighted by Crippen LogP contribution is 2.39. The summed E-state index contributed by atoms with van der Waals surface area (Å²) in [4.78, 5) is 11.2. The van der Waals surface area contributed by atoms with Gasteiger partial charge < -0.3 is 5.73 Å². The molecule has 2 aliphatic carbocycles. The zero-order valence-corrected chi connectivity index (χ0v) is 5.79. The molecule has 2 rings (SSSR count). The van der Waals surface area contributed by atoms with Gasteiger partial charge in [0, 0.05) is 11.8 Å². The van der Waals surface area contributed by atoms with Gasteiger partial charge in [0.05, 0.1) is 0 Å². The monoisotopic (exact) mass is 137 g/mol. The number of rotatable bonds is 1. The Hall–Kier alpha value is -0.630. The fourth-order valence-electron chi connectivity index (χ4n) is 1.99. The number of carbonyl (C=O) groups is 1. The van der Waals surface area contributed by atoms with Crippen molar-refractivity contribution in [2.24, 2.45) is 23.5 Å². The van der Waals surface area contributed by atoms with Gasteiger partial charge in [-0.25, -0.2) is 0 Å². The summed E-state index contributed by atoms with van der Waals surface area (Å²) < 4.78 is 0. The third kappa shape index (κ3) is 0.598. The molecule has 2 N–H and O–H groups in total. The first-order chi connectivity index (χ1) is 4.83. The minimum Gasteiger partial charge on any atom is -0.330 e. The van der Waals surface area contributed by atoms with E-state index >= 15 is 0 Å². The summed E-state index contributed by atoms with van der Waals surface area (Å²) in [5, 5.41) is 0. The van der Waals surface area contributed by atoms with Crippen LogP contribution in [0.5, 0.6) is 0 Å². The van der Waals surface area contributed by atoms with E-state index in [1.807, 2.05) is 12.2 Å². The summed E-state index contributed by atoms with van der Waals surface area (Å²) in [6, 6.07) is 0. The number of carbonyl (C=O) groups excluding carboxylic acids is 1. The second-order valence-electron chi connectivity index (χ2n) is 3.15. The number of fused-ring (bicyclic) bond motifs is 2. The Morgan fingerprint density at radius 3 is 2.70 bits per heavy atom. The first-order valence-corrected chi connectivity index (χ1v) is 3.75. The Morgan fingerprint density at radius 2 is 2.40 bits per heavy atom. The molecule has 0 heterocycles. The van der Waals surface area contributed by atoms with Crippen molar-refractivity contribution >= 4 is 5.78 Å². The number of hydrogen-bond acceptors (Lipinski definition) is 2. The standard InChI is InChI=1S/C8H11NO/c9-4-6-3-5-1-2-7(6)8(5)10/h1-2,5-7H,3-4,9H2/t5-,6+,7+/m1/s1. The van der Waals surface area contributed by atoms with Crippen LogP contribution in [0.2, 0.25) is 0 Å². The maximum absolute atomic E-state index is 11.2. The molecule has 1 fully saturated rings. The number of allylic oxidation sites excluding steroid dienone is 2. The van der Waals surface area contributed by atoms with E-state index in [4.69, 9.17) is 5.73 Å².